The average Bonchev–Trinajstić information content (AvgIpc) is 2.67. The summed E-state index contributed by atoms with van der Waals surface area (Å²) >= 11 is 0. The standard InChI is InChI=1S/C21H25N3O4/c1-14(2)22-21(25)17-9-10-18(19(11-17)24(26)27)23-12-15(3)28-20(13-23)16-7-5-4-6-8-16/h4-11,14-15,20H,12-13H2,1-3H3,(H,22,25). The van der Waals surface area contributed by atoms with E-state index in [9.17, 15) is 14.9 Å². The van der Waals surface area contributed by atoms with E-state index >= 15 is 0 Å². The van der Waals surface area contributed by atoms with Gasteiger partial charge in [0.15, 0.2) is 0 Å². The summed E-state index contributed by atoms with van der Waals surface area (Å²) in [6.07, 6.45) is -0.254. The Morgan fingerprint density at radius 2 is 1.93 bits per heavy atom. The number of anilines is 1. The smallest absolute Gasteiger partial charge is 0.293 e. The normalized spacial score (nSPS) is 19.5. The fourth-order valence-corrected chi connectivity index (χ4v) is 3.42. The third kappa shape index (κ3) is 4.48. The SMILES string of the molecule is CC(C)NC(=O)c1ccc(N2CC(C)OC(c3ccccc3)C2)c([N+](=O)[O-])c1. The second-order valence-corrected chi connectivity index (χ2v) is 7.34. The molecule has 0 aliphatic carbocycles. The third-order valence-corrected chi connectivity index (χ3v) is 4.63. The van der Waals surface area contributed by atoms with Crippen LogP contribution >= 0.6 is 0 Å². The highest BCUT2D eigenvalue weighted by Gasteiger charge is 2.30. The molecule has 1 fully saturated rings. The van der Waals surface area contributed by atoms with Gasteiger partial charge in [-0.3, -0.25) is 14.9 Å². The number of benzene rings is 2. The van der Waals surface area contributed by atoms with Gasteiger partial charge in [0.05, 0.1) is 11.0 Å². The number of nitro groups is 1. The number of amides is 1. The molecule has 2 unspecified atom stereocenters. The number of hydrogen-bond acceptors (Lipinski definition) is 5. The van der Waals surface area contributed by atoms with Crippen molar-refractivity contribution in [2.24, 2.45) is 0 Å². The largest absolute Gasteiger partial charge is 0.367 e. The average molecular weight is 383 g/mol. The molecule has 2 aromatic rings. The Hall–Kier alpha value is -2.93. The summed E-state index contributed by atoms with van der Waals surface area (Å²) in [7, 11) is 0. The highest BCUT2D eigenvalue weighted by atomic mass is 16.6. The lowest BCUT2D eigenvalue weighted by Gasteiger charge is -2.38. The van der Waals surface area contributed by atoms with Crippen molar-refractivity contribution in [3.8, 4) is 0 Å². The molecule has 0 aromatic heterocycles. The lowest BCUT2D eigenvalue weighted by atomic mass is 10.0. The van der Waals surface area contributed by atoms with Gasteiger partial charge in [-0.15, -0.1) is 0 Å². The van der Waals surface area contributed by atoms with Crippen molar-refractivity contribution in [3.63, 3.8) is 0 Å². The summed E-state index contributed by atoms with van der Waals surface area (Å²) in [4.78, 5) is 25.5. The van der Waals surface area contributed by atoms with Gasteiger partial charge in [-0.05, 0) is 38.5 Å². The predicted molar refractivity (Wildman–Crippen MR) is 108 cm³/mol. The van der Waals surface area contributed by atoms with E-state index in [4.69, 9.17) is 4.74 Å². The second-order valence-electron chi connectivity index (χ2n) is 7.34. The van der Waals surface area contributed by atoms with Crippen molar-refractivity contribution in [1.29, 1.82) is 0 Å². The van der Waals surface area contributed by atoms with Crippen molar-refractivity contribution in [2.75, 3.05) is 18.0 Å². The zero-order valence-electron chi connectivity index (χ0n) is 16.3. The Labute approximate surface area is 164 Å². The van der Waals surface area contributed by atoms with Crippen LogP contribution in [0.15, 0.2) is 48.5 Å². The number of nitrogens with zero attached hydrogens (tertiary/aromatic N) is 2. The molecule has 1 amide bonds. The molecule has 1 N–H and O–H groups in total. The first-order valence-corrected chi connectivity index (χ1v) is 9.39. The minimum atomic E-state index is -0.431. The summed E-state index contributed by atoms with van der Waals surface area (Å²) in [6, 6.07) is 14.4. The summed E-state index contributed by atoms with van der Waals surface area (Å²) < 4.78 is 6.05. The van der Waals surface area contributed by atoms with Crippen molar-refractivity contribution < 1.29 is 14.5 Å². The molecule has 0 radical (unpaired) electrons. The van der Waals surface area contributed by atoms with Crippen molar-refractivity contribution in [1.82, 2.24) is 5.32 Å². The maximum atomic E-state index is 12.2. The quantitative estimate of drug-likeness (QED) is 0.629. The first kappa shape index (κ1) is 19.8. The van der Waals surface area contributed by atoms with Crippen molar-refractivity contribution in [3.05, 3.63) is 69.8 Å². The van der Waals surface area contributed by atoms with Crippen LogP contribution in [0.3, 0.4) is 0 Å². The molecule has 7 nitrogen and oxygen atoms in total. The Balaban J connectivity index is 1.91. The van der Waals surface area contributed by atoms with E-state index in [1.807, 2.05) is 56.0 Å². The van der Waals surface area contributed by atoms with Crippen LogP contribution in [0.1, 0.15) is 42.8 Å². The van der Waals surface area contributed by atoms with E-state index in [0.29, 0.717) is 18.8 Å². The lowest BCUT2D eigenvalue weighted by molar-refractivity contribution is -0.384. The van der Waals surface area contributed by atoms with Gasteiger partial charge < -0.3 is 15.0 Å². The molecule has 7 heteroatoms. The highest BCUT2D eigenvalue weighted by Crippen LogP contribution is 2.34. The van der Waals surface area contributed by atoms with Crippen molar-refractivity contribution >= 4 is 17.3 Å². The number of hydrogen-bond donors (Lipinski definition) is 1. The first-order chi connectivity index (χ1) is 13.3. The van der Waals surface area contributed by atoms with E-state index < -0.39 is 4.92 Å². The number of nitro benzene ring substituents is 1. The second kappa shape index (κ2) is 8.39. The van der Waals surface area contributed by atoms with Gasteiger partial charge in [0.1, 0.15) is 11.8 Å². The monoisotopic (exact) mass is 383 g/mol. The molecule has 1 heterocycles. The topological polar surface area (TPSA) is 84.7 Å². The van der Waals surface area contributed by atoms with Crippen LogP contribution in [-0.2, 0) is 4.74 Å². The summed E-state index contributed by atoms with van der Waals surface area (Å²) in [5, 5.41) is 14.5. The number of carbonyl (C=O) groups excluding carboxylic acids is 1. The molecule has 1 aliphatic heterocycles. The number of ether oxygens (including phenoxy) is 1. The van der Waals surface area contributed by atoms with Gasteiger partial charge in [0, 0.05) is 30.8 Å². The van der Waals surface area contributed by atoms with E-state index in [-0.39, 0.29) is 35.4 Å². The minimum Gasteiger partial charge on any atom is -0.367 e. The number of carbonyl (C=O) groups is 1. The maximum absolute atomic E-state index is 12.2. The molecule has 2 aromatic carbocycles. The Morgan fingerprint density at radius 1 is 1.21 bits per heavy atom. The molecule has 1 aliphatic rings. The maximum Gasteiger partial charge on any atom is 0.293 e. The van der Waals surface area contributed by atoms with Gasteiger partial charge in [0.2, 0.25) is 0 Å². The summed E-state index contributed by atoms with van der Waals surface area (Å²) in [5.41, 5.74) is 1.75. The summed E-state index contributed by atoms with van der Waals surface area (Å²) in [6.45, 7) is 6.70. The highest BCUT2D eigenvalue weighted by molar-refractivity contribution is 5.96. The van der Waals surface area contributed by atoms with E-state index in [1.54, 1.807) is 12.1 Å². The number of morpholine rings is 1. The molecular weight excluding hydrogens is 358 g/mol. The molecule has 28 heavy (non-hydrogen) atoms. The molecule has 1 saturated heterocycles. The molecule has 0 saturated carbocycles. The van der Waals surface area contributed by atoms with E-state index in [1.165, 1.54) is 6.07 Å². The van der Waals surface area contributed by atoms with Crippen LogP contribution in [0, 0.1) is 10.1 Å². The number of nitrogens with one attached hydrogen (secondary N) is 1. The van der Waals surface area contributed by atoms with E-state index in [2.05, 4.69) is 5.32 Å². The van der Waals surface area contributed by atoms with Crippen molar-refractivity contribution in [2.45, 2.75) is 39.0 Å². The molecule has 148 valence electrons. The molecule has 0 bridgehead atoms. The lowest BCUT2D eigenvalue weighted by Crippen LogP contribution is -2.43. The van der Waals surface area contributed by atoms with Crippen LogP contribution in [0.2, 0.25) is 0 Å². The molecule has 0 spiro atoms. The Kier molecular flexibility index (Phi) is 5.94. The first-order valence-electron chi connectivity index (χ1n) is 9.39. The molecule has 2 atom stereocenters. The van der Waals surface area contributed by atoms with Gasteiger partial charge >= 0.3 is 0 Å². The molecule has 3 rings (SSSR count). The van der Waals surface area contributed by atoms with Gasteiger partial charge in [0.25, 0.3) is 11.6 Å². The van der Waals surface area contributed by atoms with Gasteiger partial charge in [-0.2, -0.15) is 0 Å². The predicted octanol–water partition coefficient (Wildman–Crippen LogP) is 3.70. The zero-order valence-corrected chi connectivity index (χ0v) is 16.3. The Morgan fingerprint density at radius 3 is 2.57 bits per heavy atom. The van der Waals surface area contributed by atoms with Crippen LogP contribution in [0.5, 0.6) is 0 Å². The fraction of sp³-hybridized carbons (Fsp3) is 0.381. The van der Waals surface area contributed by atoms with Crippen LogP contribution in [-0.4, -0.2) is 36.1 Å². The van der Waals surface area contributed by atoms with Crippen LogP contribution in [0.4, 0.5) is 11.4 Å². The Bertz CT molecular complexity index is 854. The van der Waals surface area contributed by atoms with E-state index in [0.717, 1.165) is 5.56 Å². The third-order valence-electron chi connectivity index (χ3n) is 4.63. The zero-order chi connectivity index (χ0) is 20.3. The van der Waals surface area contributed by atoms with Gasteiger partial charge in [-0.1, -0.05) is 30.3 Å². The van der Waals surface area contributed by atoms with Crippen LogP contribution in [0.25, 0.3) is 0 Å². The molecular formula is C21H25N3O4. The van der Waals surface area contributed by atoms with Crippen LogP contribution < -0.4 is 10.2 Å². The fourth-order valence-electron chi connectivity index (χ4n) is 3.42. The summed E-state index contributed by atoms with van der Waals surface area (Å²) in [5.74, 6) is -0.317. The minimum absolute atomic E-state index is 0.0436. The number of rotatable bonds is 5. The van der Waals surface area contributed by atoms with Gasteiger partial charge in [-0.25, -0.2) is 0 Å².